The Morgan fingerprint density at radius 2 is 2.33 bits per heavy atom. The molecule has 1 heterocycles. The van der Waals surface area contributed by atoms with Crippen molar-refractivity contribution in [2.75, 3.05) is 0 Å². The lowest BCUT2D eigenvalue weighted by Crippen LogP contribution is -1.78. The van der Waals surface area contributed by atoms with E-state index in [0.29, 0.717) is 22.0 Å². The molecular weight excluding hydrogens is 178 g/mol. The number of fused-ring (bicyclic) bond motifs is 1. The van der Waals surface area contributed by atoms with E-state index in [2.05, 4.69) is 4.98 Å². The molecule has 1 aromatic carbocycles. The van der Waals surface area contributed by atoms with Gasteiger partial charge in [-0.1, -0.05) is 11.6 Å². The molecule has 0 saturated heterocycles. The van der Waals surface area contributed by atoms with Crippen molar-refractivity contribution >= 4 is 22.7 Å². The number of aliphatic hydroxyl groups is 1. The second-order valence-electron chi connectivity index (χ2n) is 2.38. The lowest BCUT2D eigenvalue weighted by Gasteiger charge is -1.85. The third-order valence-electron chi connectivity index (χ3n) is 1.53. The van der Waals surface area contributed by atoms with Gasteiger partial charge in [-0.3, -0.25) is 0 Å². The van der Waals surface area contributed by atoms with Crippen LogP contribution in [-0.4, -0.2) is 10.1 Å². The summed E-state index contributed by atoms with van der Waals surface area (Å²) in [5, 5.41) is 9.32. The minimum absolute atomic E-state index is 0.188. The highest BCUT2D eigenvalue weighted by molar-refractivity contribution is 6.31. The summed E-state index contributed by atoms with van der Waals surface area (Å²) >= 11 is 5.72. The van der Waals surface area contributed by atoms with Crippen LogP contribution in [0.15, 0.2) is 22.6 Å². The highest BCUT2D eigenvalue weighted by atomic mass is 35.5. The number of aliphatic hydroxyl groups excluding tert-OH is 1. The SMILES string of the molecule is OCc1nc2ccc(Cl)cc2o1. The summed E-state index contributed by atoms with van der Waals surface area (Å²) in [6, 6.07) is 5.15. The summed E-state index contributed by atoms with van der Waals surface area (Å²) in [7, 11) is 0. The zero-order valence-electron chi connectivity index (χ0n) is 6.12. The van der Waals surface area contributed by atoms with Crippen LogP contribution in [0, 0.1) is 0 Å². The first-order valence-electron chi connectivity index (χ1n) is 3.45. The molecule has 0 unspecified atom stereocenters. The topological polar surface area (TPSA) is 46.3 Å². The molecule has 62 valence electrons. The summed E-state index contributed by atoms with van der Waals surface area (Å²) < 4.78 is 5.15. The van der Waals surface area contributed by atoms with Gasteiger partial charge in [-0.2, -0.15) is 0 Å². The molecule has 1 N–H and O–H groups in total. The molecule has 12 heavy (non-hydrogen) atoms. The number of oxazole rings is 1. The van der Waals surface area contributed by atoms with E-state index in [4.69, 9.17) is 21.1 Å². The Labute approximate surface area is 73.6 Å². The van der Waals surface area contributed by atoms with Crippen LogP contribution in [0.1, 0.15) is 5.89 Å². The van der Waals surface area contributed by atoms with Gasteiger partial charge in [0.05, 0.1) is 0 Å². The van der Waals surface area contributed by atoms with Crippen molar-refractivity contribution in [3.8, 4) is 0 Å². The minimum atomic E-state index is -0.188. The van der Waals surface area contributed by atoms with Gasteiger partial charge in [0.1, 0.15) is 12.1 Å². The lowest BCUT2D eigenvalue weighted by molar-refractivity contribution is 0.244. The van der Waals surface area contributed by atoms with Crippen LogP contribution in [-0.2, 0) is 6.61 Å². The van der Waals surface area contributed by atoms with E-state index in [0.717, 1.165) is 0 Å². The number of rotatable bonds is 1. The summed E-state index contributed by atoms with van der Waals surface area (Å²) in [5.41, 5.74) is 1.31. The van der Waals surface area contributed by atoms with E-state index in [1.54, 1.807) is 18.2 Å². The summed E-state index contributed by atoms with van der Waals surface area (Å²) in [6.07, 6.45) is 0. The van der Waals surface area contributed by atoms with Gasteiger partial charge in [0.2, 0.25) is 5.89 Å². The molecule has 0 aliphatic carbocycles. The second kappa shape index (κ2) is 2.77. The molecule has 0 fully saturated rings. The molecule has 0 saturated carbocycles. The Hall–Kier alpha value is -1.06. The minimum Gasteiger partial charge on any atom is -0.438 e. The quantitative estimate of drug-likeness (QED) is 0.735. The van der Waals surface area contributed by atoms with Crippen LogP contribution in [0.3, 0.4) is 0 Å². The monoisotopic (exact) mass is 183 g/mol. The van der Waals surface area contributed by atoms with Crippen molar-refractivity contribution in [1.29, 1.82) is 0 Å². The number of hydrogen-bond acceptors (Lipinski definition) is 3. The molecule has 3 nitrogen and oxygen atoms in total. The number of hydrogen-bond donors (Lipinski definition) is 1. The van der Waals surface area contributed by atoms with E-state index in [1.807, 2.05) is 0 Å². The zero-order valence-corrected chi connectivity index (χ0v) is 6.88. The highest BCUT2D eigenvalue weighted by Crippen LogP contribution is 2.19. The molecular formula is C8H6ClNO2. The third kappa shape index (κ3) is 1.17. The van der Waals surface area contributed by atoms with Gasteiger partial charge >= 0.3 is 0 Å². The second-order valence-corrected chi connectivity index (χ2v) is 2.81. The van der Waals surface area contributed by atoms with Crippen molar-refractivity contribution in [3.63, 3.8) is 0 Å². The third-order valence-corrected chi connectivity index (χ3v) is 1.77. The standard InChI is InChI=1S/C8H6ClNO2/c9-5-1-2-6-7(3-5)12-8(4-11)10-6/h1-3,11H,4H2. The first kappa shape index (κ1) is 7.58. The van der Waals surface area contributed by atoms with E-state index in [9.17, 15) is 0 Å². The van der Waals surface area contributed by atoms with E-state index >= 15 is 0 Å². The van der Waals surface area contributed by atoms with Gasteiger partial charge < -0.3 is 9.52 Å². The molecule has 2 aromatic rings. The smallest absolute Gasteiger partial charge is 0.221 e. The predicted octanol–water partition coefficient (Wildman–Crippen LogP) is 1.97. The molecule has 0 amide bonds. The van der Waals surface area contributed by atoms with Crippen LogP contribution < -0.4 is 0 Å². The molecule has 0 atom stereocenters. The lowest BCUT2D eigenvalue weighted by atomic mass is 10.3. The van der Waals surface area contributed by atoms with E-state index < -0.39 is 0 Å². The van der Waals surface area contributed by atoms with Crippen LogP contribution in [0.4, 0.5) is 0 Å². The van der Waals surface area contributed by atoms with Crippen LogP contribution in [0.5, 0.6) is 0 Å². The molecule has 0 bridgehead atoms. The number of halogens is 1. The maximum Gasteiger partial charge on any atom is 0.221 e. The summed E-state index contributed by atoms with van der Waals surface area (Å²) in [5.74, 6) is 0.312. The van der Waals surface area contributed by atoms with Crippen molar-refractivity contribution in [2.45, 2.75) is 6.61 Å². The van der Waals surface area contributed by atoms with Gasteiger partial charge in [-0.05, 0) is 12.1 Å². The Bertz CT molecular complexity index is 410. The molecule has 0 radical (unpaired) electrons. The zero-order chi connectivity index (χ0) is 8.55. The summed E-state index contributed by atoms with van der Waals surface area (Å²) in [6.45, 7) is -0.188. The maximum atomic E-state index is 8.72. The maximum absolute atomic E-state index is 8.72. The Balaban J connectivity index is 2.67. The van der Waals surface area contributed by atoms with Gasteiger partial charge in [0, 0.05) is 11.1 Å². The Morgan fingerprint density at radius 1 is 1.50 bits per heavy atom. The Kier molecular flexibility index (Phi) is 1.75. The number of benzene rings is 1. The number of aromatic nitrogens is 1. The molecule has 4 heteroatoms. The van der Waals surface area contributed by atoms with Gasteiger partial charge in [-0.25, -0.2) is 4.98 Å². The largest absolute Gasteiger partial charge is 0.438 e. The van der Waals surface area contributed by atoms with Gasteiger partial charge in [0.15, 0.2) is 5.58 Å². The molecule has 0 aliphatic heterocycles. The van der Waals surface area contributed by atoms with Crippen LogP contribution >= 0.6 is 11.6 Å². The van der Waals surface area contributed by atoms with Crippen LogP contribution in [0.2, 0.25) is 5.02 Å². The fourth-order valence-corrected chi connectivity index (χ4v) is 1.18. The van der Waals surface area contributed by atoms with Gasteiger partial charge in [0.25, 0.3) is 0 Å². The normalized spacial score (nSPS) is 10.8. The fraction of sp³-hybridized carbons (Fsp3) is 0.125. The average Bonchev–Trinajstić information content (AvgIpc) is 2.46. The van der Waals surface area contributed by atoms with E-state index in [1.165, 1.54) is 0 Å². The molecule has 0 aliphatic rings. The van der Waals surface area contributed by atoms with Crippen molar-refractivity contribution in [1.82, 2.24) is 4.98 Å². The van der Waals surface area contributed by atoms with Crippen molar-refractivity contribution in [3.05, 3.63) is 29.1 Å². The summed E-state index contributed by atoms with van der Waals surface area (Å²) in [4.78, 5) is 4.00. The van der Waals surface area contributed by atoms with Crippen molar-refractivity contribution in [2.24, 2.45) is 0 Å². The molecule has 1 aromatic heterocycles. The highest BCUT2D eigenvalue weighted by Gasteiger charge is 2.03. The number of nitrogens with zero attached hydrogens (tertiary/aromatic N) is 1. The average molecular weight is 184 g/mol. The van der Waals surface area contributed by atoms with Crippen LogP contribution in [0.25, 0.3) is 11.1 Å². The van der Waals surface area contributed by atoms with Gasteiger partial charge in [-0.15, -0.1) is 0 Å². The fourth-order valence-electron chi connectivity index (χ4n) is 1.01. The molecule has 0 spiro atoms. The first-order valence-corrected chi connectivity index (χ1v) is 3.83. The van der Waals surface area contributed by atoms with E-state index in [-0.39, 0.29) is 6.61 Å². The predicted molar refractivity (Wildman–Crippen MR) is 44.9 cm³/mol. The Morgan fingerprint density at radius 3 is 3.08 bits per heavy atom. The molecule has 2 rings (SSSR count). The first-order chi connectivity index (χ1) is 5.79. The van der Waals surface area contributed by atoms with Crippen molar-refractivity contribution < 1.29 is 9.52 Å².